The zero-order chi connectivity index (χ0) is 17.9. The van der Waals surface area contributed by atoms with E-state index in [1.165, 1.54) is 0 Å². The van der Waals surface area contributed by atoms with E-state index in [0.717, 1.165) is 41.6 Å². The Balaban J connectivity index is 1.88. The average molecular weight is 341 g/mol. The largest absolute Gasteiger partial charge is 0.496 e. The van der Waals surface area contributed by atoms with Crippen molar-refractivity contribution in [1.82, 2.24) is 10.6 Å². The van der Waals surface area contributed by atoms with E-state index in [4.69, 9.17) is 9.47 Å². The number of ether oxygens (including phenoxy) is 2. The van der Waals surface area contributed by atoms with Crippen LogP contribution < -0.4 is 20.1 Å². The molecule has 0 amide bonds. The van der Waals surface area contributed by atoms with Crippen molar-refractivity contribution in [2.45, 2.75) is 26.4 Å². The lowest BCUT2D eigenvalue weighted by atomic mass is 10.2. The molecule has 2 rings (SSSR count). The van der Waals surface area contributed by atoms with Gasteiger partial charge >= 0.3 is 0 Å². The number of methoxy groups -OCH3 is 1. The number of para-hydroxylation sites is 1. The number of nitrogens with zero attached hydrogens (tertiary/aromatic N) is 1. The first kappa shape index (κ1) is 18.6. The number of benzene rings is 2. The Morgan fingerprint density at radius 3 is 2.60 bits per heavy atom. The van der Waals surface area contributed by atoms with E-state index in [2.05, 4.69) is 34.7 Å². The lowest BCUT2D eigenvalue weighted by molar-refractivity contribution is 0.317. The van der Waals surface area contributed by atoms with Gasteiger partial charge in [-0.1, -0.05) is 37.3 Å². The van der Waals surface area contributed by atoms with Gasteiger partial charge in [-0.3, -0.25) is 4.99 Å². The molecule has 0 unspecified atom stereocenters. The molecule has 2 aromatic rings. The predicted molar refractivity (Wildman–Crippen MR) is 102 cm³/mol. The maximum absolute atomic E-state index is 5.67. The number of nitrogens with one attached hydrogen (secondary N) is 2. The molecule has 5 heteroatoms. The van der Waals surface area contributed by atoms with Crippen molar-refractivity contribution in [2.24, 2.45) is 4.99 Å². The fourth-order valence-corrected chi connectivity index (χ4v) is 2.40. The Hall–Kier alpha value is -2.69. The highest BCUT2D eigenvalue weighted by atomic mass is 16.5. The maximum atomic E-state index is 5.67. The summed E-state index contributed by atoms with van der Waals surface area (Å²) >= 11 is 0. The summed E-state index contributed by atoms with van der Waals surface area (Å²) in [6, 6.07) is 16.1. The molecular formula is C20H27N3O2. The Labute approximate surface area is 150 Å². The second-order valence-electron chi connectivity index (χ2n) is 5.59. The number of aliphatic imine (C=N–C) groups is 1. The first-order valence-corrected chi connectivity index (χ1v) is 8.55. The van der Waals surface area contributed by atoms with E-state index in [1.54, 1.807) is 14.2 Å². The van der Waals surface area contributed by atoms with Crippen LogP contribution in [0.4, 0.5) is 0 Å². The Morgan fingerprint density at radius 2 is 1.84 bits per heavy atom. The van der Waals surface area contributed by atoms with Gasteiger partial charge in [-0.25, -0.2) is 0 Å². The van der Waals surface area contributed by atoms with Crippen LogP contribution in [0.1, 0.15) is 24.5 Å². The lowest BCUT2D eigenvalue weighted by Gasteiger charge is -2.14. The quantitative estimate of drug-likeness (QED) is 0.571. The van der Waals surface area contributed by atoms with Gasteiger partial charge in [-0.05, 0) is 30.2 Å². The fourth-order valence-electron chi connectivity index (χ4n) is 2.40. The number of hydrogen-bond acceptors (Lipinski definition) is 3. The van der Waals surface area contributed by atoms with Crippen LogP contribution in [0.2, 0.25) is 0 Å². The highest BCUT2D eigenvalue weighted by Crippen LogP contribution is 2.16. The van der Waals surface area contributed by atoms with E-state index < -0.39 is 0 Å². The molecule has 5 nitrogen and oxygen atoms in total. The monoisotopic (exact) mass is 341 g/mol. The molecule has 0 spiro atoms. The summed E-state index contributed by atoms with van der Waals surface area (Å²) in [6.07, 6.45) is 1.00. The van der Waals surface area contributed by atoms with Crippen LogP contribution >= 0.6 is 0 Å². The highest BCUT2D eigenvalue weighted by molar-refractivity contribution is 5.79. The van der Waals surface area contributed by atoms with Crippen LogP contribution in [0.5, 0.6) is 11.5 Å². The van der Waals surface area contributed by atoms with Crippen molar-refractivity contribution >= 4 is 5.96 Å². The lowest BCUT2D eigenvalue weighted by Crippen LogP contribution is -2.36. The Bertz CT molecular complexity index is 686. The van der Waals surface area contributed by atoms with Crippen LogP contribution in [-0.2, 0) is 13.1 Å². The molecule has 2 aromatic carbocycles. The van der Waals surface area contributed by atoms with Gasteiger partial charge in [0.25, 0.3) is 0 Å². The zero-order valence-electron chi connectivity index (χ0n) is 15.2. The van der Waals surface area contributed by atoms with E-state index in [9.17, 15) is 0 Å². The summed E-state index contributed by atoms with van der Waals surface area (Å²) in [5.74, 6) is 2.51. The summed E-state index contributed by atoms with van der Waals surface area (Å²) in [5.41, 5.74) is 2.23. The first-order chi connectivity index (χ1) is 12.3. The minimum absolute atomic E-state index is 0.642. The molecular weight excluding hydrogens is 314 g/mol. The van der Waals surface area contributed by atoms with Crippen molar-refractivity contribution in [1.29, 1.82) is 0 Å². The van der Waals surface area contributed by atoms with Crippen molar-refractivity contribution in [2.75, 3.05) is 20.8 Å². The molecule has 0 atom stereocenters. The summed E-state index contributed by atoms with van der Waals surface area (Å²) in [4.78, 5) is 4.27. The third kappa shape index (κ3) is 6.03. The summed E-state index contributed by atoms with van der Waals surface area (Å²) in [7, 11) is 3.44. The molecule has 0 heterocycles. The third-order valence-electron chi connectivity index (χ3n) is 3.69. The van der Waals surface area contributed by atoms with E-state index in [-0.39, 0.29) is 0 Å². The molecule has 0 saturated heterocycles. The van der Waals surface area contributed by atoms with Gasteiger partial charge < -0.3 is 20.1 Å². The molecule has 0 saturated carbocycles. The van der Waals surface area contributed by atoms with Crippen LogP contribution in [0.15, 0.2) is 53.5 Å². The van der Waals surface area contributed by atoms with Gasteiger partial charge in [0.1, 0.15) is 11.5 Å². The highest BCUT2D eigenvalue weighted by Gasteiger charge is 2.04. The van der Waals surface area contributed by atoms with Crippen LogP contribution in [0, 0.1) is 0 Å². The van der Waals surface area contributed by atoms with Crippen molar-refractivity contribution in [3.05, 3.63) is 59.7 Å². The molecule has 25 heavy (non-hydrogen) atoms. The average Bonchev–Trinajstić information content (AvgIpc) is 2.67. The number of rotatable bonds is 8. The predicted octanol–water partition coefficient (Wildman–Crippen LogP) is 3.35. The Morgan fingerprint density at radius 1 is 1.04 bits per heavy atom. The normalized spacial score (nSPS) is 11.1. The number of guanidine groups is 1. The van der Waals surface area contributed by atoms with E-state index >= 15 is 0 Å². The topological polar surface area (TPSA) is 54.9 Å². The molecule has 134 valence electrons. The summed E-state index contributed by atoms with van der Waals surface area (Å²) in [6.45, 7) is 4.15. The molecule has 2 N–H and O–H groups in total. The van der Waals surface area contributed by atoms with Crippen molar-refractivity contribution in [3.8, 4) is 11.5 Å². The minimum atomic E-state index is 0.642. The van der Waals surface area contributed by atoms with E-state index in [1.807, 2.05) is 36.4 Å². The molecule has 0 aliphatic heterocycles. The van der Waals surface area contributed by atoms with Crippen LogP contribution in [0.25, 0.3) is 0 Å². The molecule has 0 aliphatic rings. The summed E-state index contributed by atoms with van der Waals surface area (Å²) < 4.78 is 11.0. The van der Waals surface area contributed by atoms with Crippen LogP contribution in [-0.4, -0.2) is 26.7 Å². The van der Waals surface area contributed by atoms with Crippen LogP contribution in [0.3, 0.4) is 0 Å². The summed E-state index contributed by atoms with van der Waals surface area (Å²) in [5, 5.41) is 6.63. The second-order valence-corrected chi connectivity index (χ2v) is 5.59. The number of hydrogen-bond donors (Lipinski definition) is 2. The van der Waals surface area contributed by atoms with Gasteiger partial charge in [0.05, 0.1) is 13.7 Å². The van der Waals surface area contributed by atoms with Crippen molar-refractivity contribution < 1.29 is 9.47 Å². The molecule has 0 radical (unpaired) electrons. The SMILES string of the molecule is CCCOc1cccc(CNC(=NC)NCc2ccccc2OC)c1. The molecule has 0 aliphatic carbocycles. The standard InChI is InChI=1S/C20H27N3O2/c1-4-12-25-18-10-7-8-16(13-18)14-22-20(21-2)23-15-17-9-5-6-11-19(17)24-3/h5-11,13H,4,12,14-15H2,1-3H3,(H2,21,22,23). The smallest absolute Gasteiger partial charge is 0.191 e. The maximum Gasteiger partial charge on any atom is 0.191 e. The Kier molecular flexibility index (Phi) is 7.63. The second kappa shape index (κ2) is 10.2. The first-order valence-electron chi connectivity index (χ1n) is 8.55. The van der Waals surface area contributed by atoms with Crippen molar-refractivity contribution in [3.63, 3.8) is 0 Å². The van der Waals surface area contributed by atoms with E-state index in [0.29, 0.717) is 13.1 Å². The van der Waals surface area contributed by atoms with Gasteiger partial charge in [0.15, 0.2) is 5.96 Å². The van der Waals surface area contributed by atoms with Gasteiger partial charge in [-0.15, -0.1) is 0 Å². The zero-order valence-corrected chi connectivity index (χ0v) is 15.2. The fraction of sp³-hybridized carbons (Fsp3) is 0.350. The van der Waals surface area contributed by atoms with Gasteiger partial charge in [-0.2, -0.15) is 0 Å². The molecule has 0 aromatic heterocycles. The minimum Gasteiger partial charge on any atom is -0.496 e. The van der Waals surface area contributed by atoms with Gasteiger partial charge in [0.2, 0.25) is 0 Å². The van der Waals surface area contributed by atoms with Gasteiger partial charge in [0, 0.05) is 25.7 Å². The molecule has 0 bridgehead atoms. The third-order valence-corrected chi connectivity index (χ3v) is 3.69. The molecule has 0 fully saturated rings.